The van der Waals surface area contributed by atoms with Crippen LogP contribution in [0.3, 0.4) is 0 Å². The van der Waals surface area contributed by atoms with Crippen molar-refractivity contribution in [3.05, 3.63) is 34.9 Å². The third-order valence-corrected chi connectivity index (χ3v) is 8.60. The standard InChI is InChI=1S/C27H38ClN3O9S/c1-2-23(32)40-26(41(36,37)38)22(15-19-11-12-29-24(19)33)30-25(34)21(14-17-7-4-3-5-8-17)31-27(35)39-16-18-9-6-10-20(28)13-18/h6,9-10,13,17,19,21-22,26H,2-5,7-8,11-12,14-16H2,1H3,(H,29,33)(H,30,34)(H,31,35)(H,36,37,38)/t19?,21-,22-,26?/m0/s1. The lowest BCUT2D eigenvalue weighted by molar-refractivity contribution is -0.147. The molecule has 14 heteroatoms. The Hall–Kier alpha value is -2.90. The molecule has 2 fully saturated rings. The third-order valence-electron chi connectivity index (χ3n) is 7.35. The molecule has 12 nitrogen and oxygen atoms in total. The first-order valence-electron chi connectivity index (χ1n) is 13.9. The quantitative estimate of drug-likeness (QED) is 0.192. The number of benzene rings is 1. The normalized spacial score (nSPS) is 19.9. The molecule has 1 aliphatic carbocycles. The Bertz CT molecular complexity index is 1190. The van der Waals surface area contributed by atoms with Crippen molar-refractivity contribution in [2.24, 2.45) is 11.8 Å². The first-order valence-corrected chi connectivity index (χ1v) is 15.8. The van der Waals surface area contributed by atoms with Gasteiger partial charge in [-0.1, -0.05) is 62.8 Å². The van der Waals surface area contributed by atoms with E-state index < -0.39 is 51.5 Å². The summed E-state index contributed by atoms with van der Waals surface area (Å²) in [5.41, 5.74) is -1.50. The van der Waals surface area contributed by atoms with Crippen LogP contribution < -0.4 is 16.0 Å². The van der Waals surface area contributed by atoms with E-state index in [4.69, 9.17) is 21.1 Å². The molecule has 0 bridgehead atoms. The maximum Gasteiger partial charge on any atom is 0.408 e. The van der Waals surface area contributed by atoms with Gasteiger partial charge in [-0.05, 0) is 42.9 Å². The number of carbonyl (C=O) groups is 4. The first-order chi connectivity index (χ1) is 19.5. The molecule has 1 saturated carbocycles. The zero-order valence-electron chi connectivity index (χ0n) is 23.0. The van der Waals surface area contributed by atoms with E-state index in [1.165, 1.54) is 6.92 Å². The van der Waals surface area contributed by atoms with Crippen LogP contribution in [0.1, 0.15) is 70.3 Å². The van der Waals surface area contributed by atoms with Gasteiger partial charge in [-0.2, -0.15) is 8.42 Å². The molecule has 0 spiro atoms. The lowest BCUT2D eigenvalue weighted by Crippen LogP contribution is -2.56. The number of esters is 1. The molecule has 3 amide bonds. The summed E-state index contributed by atoms with van der Waals surface area (Å²) < 4.78 is 44.9. The molecule has 41 heavy (non-hydrogen) atoms. The summed E-state index contributed by atoms with van der Waals surface area (Å²) in [6.07, 6.45) is 4.13. The van der Waals surface area contributed by atoms with E-state index in [0.717, 1.165) is 32.1 Å². The van der Waals surface area contributed by atoms with Crippen LogP contribution in [0.25, 0.3) is 0 Å². The highest BCUT2D eigenvalue weighted by Crippen LogP contribution is 2.28. The summed E-state index contributed by atoms with van der Waals surface area (Å²) in [4.78, 5) is 50.7. The molecule has 1 heterocycles. The lowest BCUT2D eigenvalue weighted by atomic mass is 9.84. The van der Waals surface area contributed by atoms with E-state index in [-0.39, 0.29) is 37.7 Å². The maximum atomic E-state index is 13.6. The molecule has 4 N–H and O–H groups in total. The highest BCUT2D eigenvalue weighted by atomic mass is 35.5. The van der Waals surface area contributed by atoms with E-state index in [0.29, 0.717) is 23.6 Å². The number of ether oxygens (including phenoxy) is 2. The maximum absolute atomic E-state index is 13.6. The minimum atomic E-state index is -5.01. The van der Waals surface area contributed by atoms with Crippen LogP contribution in [0.4, 0.5) is 4.79 Å². The smallest absolute Gasteiger partial charge is 0.408 e. The summed E-state index contributed by atoms with van der Waals surface area (Å²) >= 11 is 5.99. The van der Waals surface area contributed by atoms with Gasteiger partial charge >= 0.3 is 22.2 Å². The van der Waals surface area contributed by atoms with Crippen LogP contribution in [0.2, 0.25) is 5.02 Å². The molecule has 3 rings (SSSR count). The van der Waals surface area contributed by atoms with Gasteiger partial charge < -0.3 is 25.4 Å². The Kier molecular flexibility index (Phi) is 12.2. The molecule has 2 aliphatic rings. The van der Waals surface area contributed by atoms with E-state index in [1.807, 2.05) is 0 Å². The largest absolute Gasteiger partial charge is 0.445 e. The number of hydrogen-bond acceptors (Lipinski definition) is 8. The number of amides is 3. The number of alkyl carbamates (subject to hydrolysis) is 1. The van der Waals surface area contributed by atoms with Gasteiger partial charge in [0.2, 0.25) is 17.3 Å². The fourth-order valence-electron chi connectivity index (χ4n) is 5.21. The van der Waals surface area contributed by atoms with Crippen molar-refractivity contribution in [3.8, 4) is 0 Å². The summed E-state index contributed by atoms with van der Waals surface area (Å²) in [5, 5.41) is 8.25. The Balaban J connectivity index is 1.80. The molecule has 1 aromatic carbocycles. The lowest BCUT2D eigenvalue weighted by Gasteiger charge is -2.30. The van der Waals surface area contributed by atoms with Crippen molar-refractivity contribution in [1.82, 2.24) is 16.0 Å². The molecule has 1 aromatic rings. The van der Waals surface area contributed by atoms with Crippen molar-refractivity contribution in [1.29, 1.82) is 0 Å². The van der Waals surface area contributed by atoms with Gasteiger partial charge in [0.1, 0.15) is 12.6 Å². The summed E-state index contributed by atoms with van der Waals surface area (Å²) in [6.45, 7) is 1.71. The van der Waals surface area contributed by atoms with E-state index in [9.17, 15) is 32.1 Å². The van der Waals surface area contributed by atoms with E-state index in [2.05, 4.69) is 16.0 Å². The third kappa shape index (κ3) is 10.5. The van der Waals surface area contributed by atoms with Crippen molar-refractivity contribution < 1.29 is 41.6 Å². The summed E-state index contributed by atoms with van der Waals surface area (Å²) in [5.74, 6) is -2.56. The van der Waals surface area contributed by atoms with Gasteiger partial charge in [0, 0.05) is 23.9 Å². The SMILES string of the molecule is CCC(=O)OC([C@H](CC1CCNC1=O)NC(=O)[C@H](CC1CCCCC1)NC(=O)OCc1cccc(Cl)c1)S(=O)(=O)O. The van der Waals surface area contributed by atoms with Gasteiger partial charge in [-0.3, -0.25) is 18.9 Å². The Labute approximate surface area is 245 Å². The minimum absolute atomic E-state index is 0.0959. The molecule has 228 valence electrons. The van der Waals surface area contributed by atoms with Gasteiger partial charge in [-0.25, -0.2) is 4.79 Å². The second-order valence-corrected chi connectivity index (χ2v) is 12.4. The van der Waals surface area contributed by atoms with Crippen LogP contribution in [0, 0.1) is 11.8 Å². The van der Waals surface area contributed by atoms with Gasteiger partial charge in [0.15, 0.2) is 0 Å². The first kappa shape index (κ1) is 32.6. The average molecular weight is 616 g/mol. The molecule has 4 atom stereocenters. The Morgan fingerprint density at radius 1 is 1.12 bits per heavy atom. The van der Waals surface area contributed by atoms with Crippen LogP contribution >= 0.6 is 11.6 Å². The van der Waals surface area contributed by atoms with Crippen molar-refractivity contribution in [3.63, 3.8) is 0 Å². The molecule has 2 unspecified atom stereocenters. The van der Waals surface area contributed by atoms with Crippen LogP contribution in [-0.4, -0.2) is 60.9 Å². The van der Waals surface area contributed by atoms with Crippen LogP contribution in [0.5, 0.6) is 0 Å². The zero-order valence-corrected chi connectivity index (χ0v) is 24.5. The predicted molar refractivity (Wildman–Crippen MR) is 149 cm³/mol. The molecular formula is C27H38ClN3O9S. The monoisotopic (exact) mass is 615 g/mol. The van der Waals surface area contributed by atoms with E-state index in [1.54, 1.807) is 24.3 Å². The van der Waals surface area contributed by atoms with E-state index >= 15 is 0 Å². The van der Waals surface area contributed by atoms with Crippen LogP contribution in [0.15, 0.2) is 24.3 Å². The zero-order chi connectivity index (χ0) is 30.0. The highest BCUT2D eigenvalue weighted by Gasteiger charge is 2.41. The Morgan fingerprint density at radius 2 is 1.85 bits per heavy atom. The fourth-order valence-corrected chi connectivity index (χ4v) is 6.24. The number of nitrogens with one attached hydrogen (secondary N) is 3. The number of halogens is 1. The number of hydrogen-bond donors (Lipinski definition) is 4. The van der Waals surface area contributed by atoms with Gasteiger partial charge in [0.05, 0.1) is 6.04 Å². The predicted octanol–water partition coefficient (Wildman–Crippen LogP) is 3.08. The topological polar surface area (TPSA) is 177 Å². The summed E-state index contributed by atoms with van der Waals surface area (Å²) in [7, 11) is -5.01. The van der Waals surface area contributed by atoms with Gasteiger partial charge in [0.25, 0.3) is 0 Å². The summed E-state index contributed by atoms with van der Waals surface area (Å²) in [6, 6.07) is 4.17. The van der Waals surface area contributed by atoms with Crippen molar-refractivity contribution in [2.45, 2.75) is 88.8 Å². The Morgan fingerprint density at radius 3 is 2.46 bits per heavy atom. The fraction of sp³-hybridized carbons (Fsp3) is 0.630. The second kappa shape index (κ2) is 15.4. The average Bonchev–Trinajstić information content (AvgIpc) is 3.33. The number of rotatable bonds is 13. The van der Waals surface area contributed by atoms with Crippen LogP contribution in [-0.2, 0) is 40.6 Å². The molecular weight excluding hydrogens is 578 g/mol. The second-order valence-electron chi connectivity index (χ2n) is 10.5. The number of carbonyl (C=O) groups excluding carboxylic acids is 4. The molecule has 0 aromatic heterocycles. The van der Waals surface area contributed by atoms with Crippen molar-refractivity contribution >= 4 is 45.6 Å². The van der Waals surface area contributed by atoms with Gasteiger partial charge in [-0.15, -0.1) is 0 Å². The molecule has 1 saturated heterocycles. The molecule has 1 aliphatic heterocycles. The highest BCUT2D eigenvalue weighted by molar-refractivity contribution is 7.86. The van der Waals surface area contributed by atoms with Crippen molar-refractivity contribution in [2.75, 3.05) is 6.54 Å². The minimum Gasteiger partial charge on any atom is -0.445 e. The molecule has 0 radical (unpaired) electrons.